The normalized spacial score (nSPS) is 10.9. The number of carbonyl (C=O) groups is 2. The molecule has 4 heteroatoms. The maximum atomic E-state index is 11.6. The van der Waals surface area contributed by atoms with E-state index >= 15 is 0 Å². The fraction of sp³-hybridized carbons (Fsp3) is 0.467. The summed E-state index contributed by atoms with van der Waals surface area (Å²) in [6.07, 6.45) is 0.283. The summed E-state index contributed by atoms with van der Waals surface area (Å²) in [5.74, 6) is -0.494. The Labute approximate surface area is 114 Å². The summed E-state index contributed by atoms with van der Waals surface area (Å²) in [6, 6.07) is 10.0. The van der Waals surface area contributed by atoms with Gasteiger partial charge in [-0.2, -0.15) is 0 Å². The van der Waals surface area contributed by atoms with Crippen LogP contribution in [0.2, 0.25) is 0 Å². The van der Waals surface area contributed by atoms with E-state index in [1.165, 1.54) is 12.7 Å². The summed E-state index contributed by atoms with van der Waals surface area (Å²) in [5.41, 5.74) is 1.03. The molecule has 104 valence electrons. The number of esters is 1. The van der Waals surface area contributed by atoms with E-state index in [2.05, 4.69) is 23.9 Å². The van der Waals surface area contributed by atoms with E-state index < -0.39 is 0 Å². The fourth-order valence-electron chi connectivity index (χ4n) is 1.72. The zero-order valence-electron chi connectivity index (χ0n) is 11.7. The molecule has 1 rings (SSSR count). The smallest absolute Gasteiger partial charge is 0.306 e. The van der Waals surface area contributed by atoms with Crippen LogP contribution in [0.25, 0.3) is 0 Å². The zero-order chi connectivity index (χ0) is 14.3. The van der Waals surface area contributed by atoms with Gasteiger partial charge in [0.2, 0.25) is 5.91 Å². The van der Waals surface area contributed by atoms with Crippen molar-refractivity contribution in [3.8, 4) is 0 Å². The van der Waals surface area contributed by atoms with Gasteiger partial charge in [0, 0.05) is 18.4 Å². The molecule has 0 atom stereocenters. The van der Waals surface area contributed by atoms with Crippen molar-refractivity contribution in [1.82, 2.24) is 5.32 Å². The standard InChI is InChI=1S/C15H21NO3/c1-15(2,12-7-5-4-6-8-12)11-16-13(17)9-10-14(18)19-3/h4-8H,9-11H2,1-3H3,(H,16,17). The molecule has 1 aromatic rings. The quantitative estimate of drug-likeness (QED) is 0.799. The first-order chi connectivity index (χ1) is 8.95. The second kappa shape index (κ2) is 6.92. The van der Waals surface area contributed by atoms with E-state index in [-0.39, 0.29) is 30.1 Å². The Morgan fingerprint density at radius 2 is 1.79 bits per heavy atom. The maximum Gasteiger partial charge on any atom is 0.306 e. The Morgan fingerprint density at radius 3 is 2.37 bits per heavy atom. The predicted molar refractivity (Wildman–Crippen MR) is 73.7 cm³/mol. The lowest BCUT2D eigenvalue weighted by molar-refractivity contribution is -0.142. The van der Waals surface area contributed by atoms with Gasteiger partial charge in [0.25, 0.3) is 0 Å². The lowest BCUT2D eigenvalue weighted by Gasteiger charge is -2.25. The number of carbonyl (C=O) groups excluding carboxylic acids is 2. The molecule has 0 unspecified atom stereocenters. The molecule has 0 heterocycles. The molecule has 0 aliphatic heterocycles. The number of nitrogens with one attached hydrogen (secondary N) is 1. The van der Waals surface area contributed by atoms with Gasteiger partial charge in [-0.3, -0.25) is 9.59 Å². The van der Waals surface area contributed by atoms with E-state index in [1.807, 2.05) is 30.3 Å². The topological polar surface area (TPSA) is 55.4 Å². The lowest BCUT2D eigenvalue weighted by Crippen LogP contribution is -2.36. The van der Waals surface area contributed by atoms with Gasteiger partial charge >= 0.3 is 5.97 Å². The third-order valence-corrected chi connectivity index (χ3v) is 3.07. The molecule has 0 bridgehead atoms. The van der Waals surface area contributed by atoms with Crippen molar-refractivity contribution in [2.45, 2.75) is 32.1 Å². The molecule has 0 saturated carbocycles. The van der Waals surface area contributed by atoms with E-state index in [0.717, 1.165) is 0 Å². The maximum absolute atomic E-state index is 11.6. The summed E-state index contributed by atoms with van der Waals surface area (Å²) >= 11 is 0. The lowest BCUT2D eigenvalue weighted by atomic mass is 9.84. The van der Waals surface area contributed by atoms with E-state index in [4.69, 9.17) is 0 Å². The van der Waals surface area contributed by atoms with Gasteiger partial charge in [-0.1, -0.05) is 44.2 Å². The minimum atomic E-state index is -0.363. The summed E-state index contributed by atoms with van der Waals surface area (Å²) in [4.78, 5) is 22.6. The molecule has 1 amide bonds. The van der Waals surface area contributed by atoms with E-state index in [1.54, 1.807) is 0 Å². The van der Waals surface area contributed by atoms with Gasteiger partial charge in [-0.15, -0.1) is 0 Å². The minimum absolute atomic E-state index is 0.119. The van der Waals surface area contributed by atoms with Gasteiger partial charge in [0.1, 0.15) is 0 Å². The van der Waals surface area contributed by atoms with Crippen LogP contribution < -0.4 is 5.32 Å². The Morgan fingerprint density at radius 1 is 1.16 bits per heavy atom. The highest BCUT2D eigenvalue weighted by Crippen LogP contribution is 2.21. The van der Waals surface area contributed by atoms with Crippen molar-refractivity contribution in [3.05, 3.63) is 35.9 Å². The third kappa shape index (κ3) is 5.12. The molecule has 0 aromatic heterocycles. The number of ether oxygens (including phenoxy) is 1. The molecule has 1 aromatic carbocycles. The summed E-state index contributed by atoms with van der Waals surface area (Å²) in [6.45, 7) is 4.68. The first kappa shape index (κ1) is 15.2. The van der Waals surface area contributed by atoms with Crippen LogP contribution in [-0.4, -0.2) is 25.5 Å². The summed E-state index contributed by atoms with van der Waals surface area (Å²) < 4.78 is 4.50. The summed E-state index contributed by atoms with van der Waals surface area (Å²) in [7, 11) is 1.32. The van der Waals surface area contributed by atoms with Crippen molar-refractivity contribution in [3.63, 3.8) is 0 Å². The largest absolute Gasteiger partial charge is 0.469 e. The predicted octanol–water partition coefficient (Wildman–Crippen LogP) is 2.03. The summed E-state index contributed by atoms with van der Waals surface area (Å²) in [5, 5.41) is 2.85. The Bertz CT molecular complexity index is 426. The van der Waals surface area contributed by atoms with Gasteiger partial charge < -0.3 is 10.1 Å². The van der Waals surface area contributed by atoms with Crippen molar-refractivity contribution in [2.75, 3.05) is 13.7 Å². The first-order valence-corrected chi connectivity index (χ1v) is 6.35. The molecule has 0 fully saturated rings. The van der Waals surface area contributed by atoms with Crippen molar-refractivity contribution in [1.29, 1.82) is 0 Å². The van der Waals surface area contributed by atoms with Crippen LogP contribution in [-0.2, 0) is 19.7 Å². The Hall–Kier alpha value is -1.84. The minimum Gasteiger partial charge on any atom is -0.469 e. The van der Waals surface area contributed by atoms with Crippen molar-refractivity contribution in [2.24, 2.45) is 0 Å². The molecule has 1 N–H and O–H groups in total. The van der Waals surface area contributed by atoms with Crippen molar-refractivity contribution < 1.29 is 14.3 Å². The highest BCUT2D eigenvalue weighted by molar-refractivity contribution is 5.81. The number of amides is 1. The Kier molecular flexibility index (Phi) is 5.55. The Balaban J connectivity index is 2.43. The number of hydrogen-bond acceptors (Lipinski definition) is 3. The number of rotatable bonds is 6. The molecule has 0 saturated heterocycles. The van der Waals surface area contributed by atoms with Gasteiger partial charge in [0.05, 0.1) is 13.5 Å². The van der Waals surface area contributed by atoms with E-state index in [9.17, 15) is 9.59 Å². The molecule has 0 radical (unpaired) electrons. The highest BCUT2D eigenvalue weighted by atomic mass is 16.5. The molecule has 19 heavy (non-hydrogen) atoms. The average molecular weight is 263 g/mol. The second-order valence-corrected chi connectivity index (χ2v) is 5.10. The highest BCUT2D eigenvalue weighted by Gasteiger charge is 2.21. The monoisotopic (exact) mass is 263 g/mol. The van der Waals surface area contributed by atoms with Crippen LogP contribution in [0.5, 0.6) is 0 Å². The van der Waals surface area contributed by atoms with Crippen LogP contribution in [0.4, 0.5) is 0 Å². The second-order valence-electron chi connectivity index (χ2n) is 5.10. The molecule has 0 aliphatic carbocycles. The SMILES string of the molecule is COC(=O)CCC(=O)NCC(C)(C)c1ccccc1. The molecular formula is C15H21NO3. The number of methoxy groups -OCH3 is 1. The average Bonchev–Trinajstić information content (AvgIpc) is 2.43. The van der Waals surface area contributed by atoms with Gasteiger partial charge in [0.15, 0.2) is 0 Å². The van der Waals surface area contributed by atoms with E-state index in [0.29, 0.717) is 6.54 Å². The fourth-order valence-corrected chi connectivity index (χ4v) is 1.72. The molecule has 0 aliphatic rings. The van der Waals surface area contributed by atoms with Crippen LogP contribution in [0.3, 0.4) is 0 Å². The van der Waals surface area contributed by atoms with Gasteiger partial charge in [-0.25, -0.2) is 0 Å². The third-order valence-electron chi connectivity index (χ3n) is 3.07. The zero-order valence-corrected chi connectivity index (χ0v) is 11.7. The van der Waals surface area contributed by atoms with Crippen molar-refractivity contribution >= 4 is 11.9 Å². The van der Waals surface area contributed by atoms with Crippen LogP contribution in [0.15, 0.2) is 30.3 Å². The van der Waals surface area contributed by atoms with Gasteiger partial charge in [-0.05, 0) is 5.56 Å². The van der Waals surface area contributed by atoms with Crippen LogP contribution in [0, 0.1) is 0 Å². The number of hydrogen-bond donors (Lipinski definition) is 1. The molecule has 0 spiro atoms. The first-order valence-electron chi connectivity index (χ1n) is 6.35. The van der Waals surface area contributed by atoms with Crippen LogP contribution in [0.1, 0.15) is 32.3 Å². The van der Waals surface area contributed by atoms with Crippen LogP contribution >= 0.6 is 0 Å². The molecule has 4 nitrogen and oxygen atoms in total. The molecular weight excluding hydrogens is 242 g/mol. The number of benzene rings is 1.